The van der Waals surface area contributed by atoms with Gasteiger partial charge in [-0.1, -0.05) is 12.1 Å². The number of hydrogen-bond donors (Lipinski definition) is 3. The lowest BCUT2D eigenvalue weighted by Gasteiger charge is -2.33. The standard InChI is InChI=1S/C19H29FN2O4S/c1-22(27(24,25)26)17-8-5-13(6-9-17)11-16-7-10-18(21-16)19(23)14-3-2-4-15(20)12-14/h2-4,12-13,16-19,21,23H,5-11H2,1H3,(H,24,25,26)/t13?,16-,17?,18+,19+/m0/s1. The molecule has 152 valence electrons. The first kappa shape index (κ1) is 20.7. The summed E-state index contributed by atoms with van der Waals surface area (Å²) in [4.78, 5) is 0. The molecule has 3 rings (SSSR count). The van der Waals surface area contributed by atoms with E-state index in [1.165, 1.54) is 19.2 Å². The maximum Gasteiger partial charge on any atom is 0.335 e. The summed E-state index contributed by atoms with van der Waals surface area (Å²) in [6.45, 7) is 0. The van der Waals surface area contributed by atoms with Gasteiger partial charge in [0.2, 0.25) is 0 Å². The zero-order valence-corrected chi connectivity index (χ0v) is 16.4. The van der Waals surface area contributed by atoms with Crippen LogP contribution in [0.3, 0.4) is 0 Å². The zero-order chi connectivity index (χ0) is 19.6. The van der Waals surface area contributed by atoms with Crippen molar-refractivity contribution in [3.63, 3.8) is 0 Å². The van der Waals surface area contributed by atoms with Gasteiger partial charge in [0.1, 0.15) is 5.82 Å². The number of rotatable bonds is 6. The molecule has 0 radical (unpaired) electrons. The number of halogens is 1. The number of nitrogens with zero attached hydrogens (tertiary/aromatic N) is 1. The Labute approximate surface area is 160 Å². The molecule has 2 aliphatic rings. The number of aliphatic hydroxyl groups excluding tert-OH is 1. The number of nitrogens with one attached hydrogen (secondary N) is 1. The van der Waals surface area contributed by atoms with E-state index in [9.17, 15) is 17.9 Å². The molecular formula is C19H29FN2O4S. The lowest BCUT2D eigenvalue weighted by atomic mass is 9.82. The number of benzene rings is 1. The van der Waals surface area contributed by atoms with E-state index in [1.54, 1.807) is 12.1 Å². The van der Waals surface area contributed by atoms with Crippen LogP contribution in [-0.2, 0) is 10.3 Å². The maximum absolute atomic E-state index is 13.4. The molecule has 1 aliphatic heterocycles. The largest absolute Gasteiger partial charge is 0.387 e. The van der Waals surface area contributed by atoms with Crippen molar-refractivity contribution in [3.8, 4) is 0 Å². The predicted molar refractivity (Wildman–Crippen MR) is 101 cm³/mol. The van der Waals surface area contributed by atoms with Crippen LogP contribution < -0.4 is 5.32 Å². The first-order chi connectivity index (χ1) is 12.7. The Morgan fingerprint density at radius 1 is 1.22 bits per heavy atom. The van der Waals surface area contributed by atoms with E-state index in [-0.39, 0.29) is 17.9 Å². The Morgan fingerprint density at radius 2 is 1.93 bits per heavy atom. The van der Waals surface area contributed by atoms with Gasteiger partial charge in [-0.15, -0.1) is 0 Å². The fourth-order valence-electron chi connectivity index (χ4n) is 4.54. The highest BCUT2D eigenvalue weighted by atomic mass is 32.2. The van der Waals surface area contributed by atoms with Crippen molar-refractivity contribution in [2.45, 2.75) is 69.2 Å². The highest BCUT2D eigenvalue weighted by molar-refractivity contribution is 7.83. The summed E-state index contributed by atoms with van der Waals surface area (Å²) in [5.74, 6) is 0.173. The van der Waals surface area contributed by atoms with Gasteiger partial charge < -0.3 is 10.4 Å². The minimum atomic E-state index is -4.12. The molecule has 0 amide bonds. The first-order valence-corrected chi connectivity index (χ1v) is 11.0. The van der Waals surface area contributed by atoms with Crippen molar-refractivity contribution in [3.05, 3.63) is 35.6 Å². The van der Waals surface area contributed by atoms with Crippen molar-refractivity contribution in [2.24, 2.45) is 5.92 Å². The Morgan fingerprint density at radius 3 is 2.56 bits per heavy atom. The van der Waals surface area contributed by atoms with E-state index >= 15 is 0 Å². The van der Waals surface area contributed by atoms with Crippen LogP contribution in [0.5, 0.6) is 0 Å². The molecule has 1 saturated carbocycles. The molecule has 3 atom stereocenters. The van der Waals surface area contributed by atoms with Crippen LogP contribution in [0, 0.1) is 11.7 Å². The second-order valence-corrected chi connectivity index (χ2v) is 9.42. The van der Waals surface area contributed by atoms with Crippen molar-refractivity contribution < 1.29 is 22.5 Å². The molecule has 1 aliphatic carbocycles. The summed E-state index contributed by atoms with van der Waals surface area (Å²) in [6, 6.07) is 6.23. The smallest absolute Gasteiger partial charge is 0.335 e. The Hall–Kier alpha value is -1.06. The van der Waals surface area contributed by atoms with Crippen LogP contribution in [-0.4, -0.2) is 47.6 Å². The quantitative estimate of drug-likeness (QED) is 0.639. The normalized spacial score (nSPS) is 30.6. The molecular weight excluding hydrogens is 371 g/mol. The van der Waals surface area contributed by atoms with Gasteiger partial charge in [0.25, 0.3) is 0 Å². The van der Waals surface area contributed by atoms with Gasteiger partial charge in [-0.2, -0.15) is 12.7 Å². The summed E-state index contributed by atoms with van der Waals surface area (Å²) >= 11 is 0. The van der Waals surface area contributed by atoms with E-state index in [0.29, 0.717) is 17.5 Å². The molecule has 3 N–H and O–H groups in total. The third kappa shape index (κ3) is 5.26. The van der Waals surface area contributed by atoms with Crippen LogP contribution >= 0.6 is 0 Å². The second-order valence-electron chi connectivity index (χ2n) is 7.95. The van der Waals surface area contributed by atoms with E-state index in [0.717, 1.165) is 49.3 Å². The molecule has 0 aromatic heterocycles. The minimum absolute atomic E-state index is 0.0706. The van der Waals surface area contributed by atoms with E-state index < -0.39 is 16.4 Å². The SMILES string of the molecule is CN(C1CCC(C[C@@H]2CC[C@H]([C@H](O)c3cccc(F)c3)N2)CC1)S(=O)(=O)O. The number of aliphatic hydroxyl groups is 1. The monoisotopic (exact) mass is 400 g/mol. The van der Waals surface area contributed by atoms with E-state index in [1.807, 2.05) is 0 Å². The summed E-state index contributed by atoms with van der Waals surface area (Å²) in [5, 5.41) is 14.0. The van der Waals surface area contributed by atoms with Gasteiger partial charge in [-0.3, -0.25) is 4.55 Å². The lowest BCUT2D eigenvalue weighted by Crippen LogP contribution is -2.40. The van der Waals surface area contributed by atoms with Crippen LogP contribution in [0.1, 0.15) is 56.6 Å². The molecule has 1 aromatic rings. The van der Waals surface area contributed by atoms with Crippen LogP contribution in [0.4, 0.5) is 4.39 Å². The zero-order valence-electron chi connectivity index (χ0n) is 15.6. The molecule has 1 heterocycles. The third-order valence-corrected chi connectivity index (χ3v) is 7.19. The van der Waals surface area contributed by atoms with E-state index in [2.05, 4.69) is 5.32 Å². The molecule has 0 bridgehead atoms. The van der Waals surface area contributed by atoms with Crippen LogP contribution in [0.25, 0.3) is 0 Å². The molecule has 6 nitrogen and oxygen atoms in total. The van der Waals surface area contributed by atoms with Crippen molar-refractivity contribution in [2.75, 3.05) is 7.05 Å². The van der Waals surface area contributed by atoms with Crippen molar-refractivity contribution >= 4 is 10.3 Å². The van der Waals surface area contributed by atoms with Crippen molar-refractivity contribution in [1.29, 1.82) is 0 Å². The Balaban J connectivity index is 1.47. The van der Waals surface area contributed by atoms with Gasteiger partial charge in [-0.05, 0) is 68.6 Å². The predicted octanol–water partition coefficient (Wildman–Crippen LogP) is 2.66. The van der Waals surface area contributed by atoms with Gasteiger partial charge in [-0.25, -0.2) is 4.39 Å². The van der Waals surface area contributed by atoms with Crippen LogP contribution in [0.15, 0.2) is 24.3 Å². The molecule has 1 aromatic carbocycles. The first-order valence-electron chi connectivity index (χ1n) is 9.64. The minimum Gasteiger partial charge on any atom is -0.387 e. The van der Waals surface area contributed by atoms with Gasteiger partial charge in [0.15, 0.2) is 0 Å². The summed E-state index contributed by atoms with van der Waals surface area (Å²) in [6.07, 6.45) is 5.47. The molecule has 8 heteroatoms. The number of hydrogen-bond acceptors (Lipinski definition) is 4. The van der Waals surface area contributed by atoms with Crippen LogP contribution in [0.2, 0.25) is 0 Å². The summed E-state index contributed by atoms with van der Waals surface area (Å²) < 4.78 is 46.1. The second kappa shape index (κ2) is 8.53. The molecule has 2 fully saturated rings. The highest BCUT2D eigenvalue weighted by Crippen LogP contribution is 2.34. The highest BCUT2D eigenvalue weighted by Gasteiger charge is 2.34. The summed E-state index contributed by atoms with van der Waals surface area (Å²) in [5.41, 5.74) is 0.599. The topological polar surface area (TPSA) is 89.9 Å². The average molecular weight is 401 g/mol. The van der Waals surface area contributed by atoms with E-state index in [4.69, 9.17) is 4.55 Å². The molecule has 0 spiro atoms. The molecule has 1 saturated heterocycles. The van der Waals surface area contributed by atoms with Crippen molar-refractivity contribution in [1.82, 2.24) is 9.62 Å². The fourth-order valence-corrected chi connectivity index (χ4v) is 5.13. The average Bonchev–Trinajstić information content (AvgIpc) is 3.09. The third-order valence-electron chi connectivity index (χ3n) is 6.16. The summed E-state index contributed by atoms with van der Waals surface area (Å²) in [7, 11) is -2.69. The Bertz CT molecular complexity index is 737. The fraction of sp³-hybridized carbons (Fsp3) is 0.684. The molecule has 0 unspecified atom stereocenters. The van der Waals surface area contributed by atoms with Gasteiger partial charge >= 0.3 is 10.3 Å². The van der Waals surface area contributed by atoms with Gasteiger partial charge in [0.05, 0.1) is 6.10 Å². The lowest BCUT2D eigenvalue weighted by molar-refractivity contribution is 0.133. The Kier molecular flexibility index (Phi) is 6.53. The molecule has 27 heavy (non-hydrogen) atoms. The maximum atomic E-state index is 13.4. The van der Waals surface area contributed by atoms with Gasteiger partial charge in [0, 0.05) is 25.2 Å².